The number of aromatic nitrogens is 1. The van der Waals surface area contributed by atoms with E-state index in [-0.39, 0.29) is 17.7 Å². The molecule has 7 nitrogen and oxygen atoms in total. The van der Waals surface area contributed by atoms with Gasteiger partial charge in [-0.1, -0.05) is 45.9 Å². The van der Waals surface area contributed by atoms with Crippen molar-refractivity contribution in [2.75, 3.05) is 0 Å². The van der Waals surface area contributed by atoms with Gasteiger partial charge in [-0.2, -0.15) is 0 Å². The summed E-state index contributed by atoms with van der Waals surface area (Å²) in [4.78, 5) is 37.6. The Balaban J connectivity index is 2.03. The SMILES string of the molecule is CC(=O)N[C@@]1(C(=O)N[C@H](C(N)=O)C(C)C)CCc2c(c3ccccc3n2CCC(C)C)C1. The first-order valence-corrected chi connectivity index (χ1v) is 11.5. The zero-order chi connectivity index (χ0) is 23.6. The first-order valence-electron chi connectivity index (χ1n) is 11.5. The van der Waals surface area contributed by atoms with Crippen LogP contribution in [0.4, 0.5) is 0 Å². The van der Waals surface area contributed by atoms with Gasteiger partial charge in [0, 0.05) is 36.5 Å². The minimum Gasteiger partial charge on any atom is -0.368 e. The van der Waals surface area contributed by atoms with Crippen LogP contribution in [0, 0.1) is 11.8 Å². The zero-order valence-corrected chi connectivity index (χ0v) is 19.8. The molecule has 4 N–H and O–H groups in total. The molecule has 0 radical (unpaired) electrons. The van der Waals surface area contributed by atoms with Crippen LogP contribution in [0.5, 0.6) is 0 Å². The Morgan fingerprint density at radius 1 is 1.16 bits per heavy atom. The summed E-state index contributed by atoms with van der Waals surface area (Å²) in [5.74, 6) is -0.764. The lowest BCUT2D eigenvalue weighted by Gasteiger charge is -2.38. The van der Waals surface area contributed by atoms with Crippen molar-refractivity contribution in [2.24, 2.45) is 17.6 Å². The second kappa shape index (κ2) is 9.35. The number of benzene rings is 1. The molecular weight excluding hydrogens is 404 g/mol. The maximum atomic E-state index is 13.5. The Kier molecular flexibility index (Phi) is 6.96. The number of para-hydroxylation sites is 1. The van der Waals surface area contributed by atoms with Crippen LogP contribution in [0.25, 0.3) is 10.9 Å². The summed E-state index contributed by atoms with van der Waals surface area (Å²) < 4.78 is 2.38. The summed E-state index contributed by atoms with van der Waals surface area (Å²) in [6.07, 6.45) is 2.58. The van der Waals surface area contributed by atoms with Crippen LogP contribution in [0.1, 0.15) is 58.7 Å². The number of nitrogens with two attached hydrogens (primary N) is 1. The highest BCUT2D eigenvalue weighted by atomic mass is 16.2. The van der Waals surface area contributed by atoms with Gasteiger partial charge in [-0.3, -0.25) is 14.4 Å². The second-order valence-corrected chi connectivity index (χ2v) is 9.81. The molecule has 0 saturated carbocycles. The third-order valence-electron chi connectivity index (χ3n) is 6.50. The highest BCUT2D eigenvalue weighted by molar-refractivity contribution is 5.96. The molecule has 0 aliphatic heterocycles. The first kappa shape index (κ1) is 23.8. The molecule has 0 saturated heterocycles. The lowest BCUT2D eigenvalue weighted by molar-refractivity contribution is -0.136. The van der Waals surface area contributed by atoms with Gasteiger partial charge in [0.1, 0.15) is 11.6 Å². The van der Waals surface area contributed by atoms with Crippen molar-refractivity contribution < 1.29 is 14.4 Å². The molecule has 0 unspecified atom stereocenters. The van der Waals surface area contributed by atoms with E-state index in [1.54, 1.807) is 0 Å². The monoisotopic (exact) mass is 440 g/mol. The summed E-state index contributed by atoms with van der Waals surface area (Å²) in [5, 5.41) is 6.87. The van der Waals surface area contributed by atoms with Crippen molar-refractivity contribution in [1.82, 2.24) is 15.2 Å². The van der Waals surface area contributed by atoms with E-state index in [0.29, 0.717) is 25.2 Å². The third kappa shape index (κ3) is 4.66. The van der Waals surface area contributed by atoms with Crippen LogP contribution in [-0.2, 0) is 33.8 Å². The fourth-order valence-electron chi connectivity index (χ4n) is 4.82. The molecule has 1 aliphatic carbocycles. The number of amides is 3. The normalized spacial score (nSPS) is 19.1. The Morgan fingerprint density at radius 2 is 1.84 bits per heavy atom. The number of hydrogen-bond donors (Lipinski definition) is 3. The molecule has 3 rings (SSSR count). The summed E-state index contributed by atoms with van der Waals surface area (Å²) in [7, 11) is 0. The molecule has 1 heterocycles. The van der Waals surface area contributed by atoms with Crippen molar-refractivity contribution in [3.63, 3.8) is 0 Å². The van der Waals surface area contributed by atoms with Crippen molar-refractivity contribution in [1.29, 1.82) is 0 Å². The van der Waals surface area contributed by atoms with Crippen molar-refractivity contribution in [3.05, 3.63) is 35.5 Å². The van der Waals surface area contributed by atoms with Gasteiger partial charge in [-0.05, 0) is 42.7 Å². The molecule has 174 valence electrons. The number of hydrogen-bond acceptors (Lipinski definition) is 3. The summed E-state index contributed by atoms with van der Waals surface area (Å²) in [6.45, 7) is 10.4. The average Bonchev–Trinajstić information content (AvgIpc) is 3.02. The standard InChI is InChI=1S/C25H36N4O3/c1-15(2)11-13-29-20-9-7-6-8-18(20)19-14-25(28-17(5)30,12-10-21(19)29)24(32)27-22(16(3)4)23(26)31/h6-9,15-16,22H,10-14H2,1-5H3,(H2,26,31)(H,27,32)(H,28,30)/t22-,25-/m0/s1. The molecular formula is C25H36N4O3. The Labute approximate surface area is 190 Å². The number of fused-ring (bicyclic) bond motifs is 3. The van der Waals surface area contributed by atoms with E-state index < -0.39 is 17.5 Å². The third-order valence-corrected chi connectivity index (χ3v) is 6.50. The van der Waals surface area contributed by atoms with E-state index in [4.69, 9.17) is 5.73 Å². The maximum Gasteiger partial charge on any atom is 0.246 e. The molecule has 1 aliphatic rings. The lowest BCUT2D eigenvalue weighted by atomic mass is 9.78. The molecule has 0 bridgehead atoms. The molecule has 32 heavy (non-hydrogen) atoms. The fourth-order valence-corrected chi connectivity index (χ4v) is 4.82. The van der Waals surface area contributed by atoms with E-state index in [1.165, 1.54) is 12.6 Å². The van der Waals surface area contributed by atoms with Gasteiger partial charge >= 0.3 is 0 Å². The maximum absolute atomic E-state index is 13.5. The minimum atomic E-state index is -1.12. The molecule has 2 atom stereocenters. The van der Waals surface area contributed by atoms with E-state index in [0.717, 1.165) is 29.4 Å². The van der Waals surface area contributed by atoms with E-state index in [2.05, 4.69) is 41.2 Å². The molecule has 2 aromatic rings. The van der Waals surface area contributed by atoms with Gasteiger partial charge < -0.3 is 20.9 Å². The average molecular weight is 441 g/mol. The van der Waals surface area contributed by atoms with Crippen LogP contribution in [0.3, 0.4) is 0 Å². The first-order chi connectivity index (χ1) is 15.1. The molecule has 7 heteroatoms. The van der Waals surface area contributed by atoms with Gasteiger partial charge in [0.15, 0.2) is 0 Å². The van der Waals surface area contributed by atoms with E-state index >= 15 is 0 Å². The zero-order valence-electron chi connectivity index (χ0n) is 19.8. The van der Waals surface area contributed by atoms with E-state index in [1.807, 2.05) is 26.0 Å². The molecule has 1 aromatic heterocycles. The predicted octanol–water partition coefficient (Wildman–Crippen LogP) is 2.68. The molecule has 3 amide bonds. The smallest absolute Gasteiger partial charge is 0.246 e. The summed E-state index contributed by atoms with van der Waals surface area (Å²) in [6, 6.07) is 7.46. The highest BCUT2D eigenvalue weighted by Gasteiger charge is 2.45. The summed E-state index contributed by atoms with van der Waals surface area (Å²) in [5.41, 5.74) is 7.90. The number of carbonyl (C=O) groups is 3. The van der Waals surface area contributed by atoms with Crippen molar-refractivity contribution in [3.8, 4) is 0 Å². The number of rotatable bonds is 8. The Bertz CT molecular complexity index is 1020. The minimum absolute atomic E-state index is 0.150. The molecule has 1 aromatic carbocycles. The van der Waals surface area contributed by atoms with E-state index in [9.17, 15) is 14.4 Å². The van der Waals surface area contributed by atoms with Gasteiger partial charge in [-0.25, -0.2) is 0 Å². The number of aryl methyl sites for hydroxylation is 1. The van der Waals surface area contributed by atoms with Crippen LogP contribution in [0.2, 0.25) is 0 Å². The molecule has 0 spiro atoms. The predicted molar refractivity (Wildman–Crippen MR) is 126 cm³/mol. The highest BCUT2D eigenvalue weighted by Crippen LogP contribution is 2.37. The van der Waals surface area contributed by atoms with Gasteiger partial charge in [-0.15, -0.1) is 0 Å². The van der Waals surface area contributed by atoms with Crippen LogP contribution in [-0.4, -0.2) is 33.9 Å². The van der Waals surface area contributed by atoms with Gasteiger partial charge in [0.25, 0.3) is 0 Å². The van der Waals surface area contributed by atoms with Crippen molar-refractivity contribution >= 4 is 28.6 Å². The largest absolute Gasteiger partial charge is 0.368 e. The fraction of sp³-hybridized carbons (Fsp3) is 0.560. The Hall–Kier alpha value is -2.83. The number of nitrogens with one attached hydrogen (secondary N) is 2. The Morgan fingerprint density at radius 3 is 2.44 bits per heavy atom. The molecule has 0 fully saturated rings. The van der Waals surface area contributed by atoms with Crippen LogP contribution in [0.15, 0.2) is 24.3 Å². The number of primary amides is 1. The van der Waals surface area contributed by atoms with Crippen molar-refractivity contribution in [2.45, 2.75) is 78.4 Å². The number of carbonyl (C=O) groups excluding carboxylic acids is 3. The van der Waals surface area contributed by atoms with Gasteiger partial charge in [0.2, 0.25) is 17.7 Å². The lowest BCUT2D eigenvalue weighted by Crippen LogP contribution is -2.64. The van der Waals surface area contributed by atoms with Crippen LogP contribution >= 0.6 is 0 Å². The second-order valence-electron chi connectivity index (χ2n) is 9.81. The quantitative estimate of drug-likeness (QED) is 0.587. The van der Waals surface area contributed by atoms with Gasteiger partial charge in [0.05, 0.1) is 0 Å². The topological polar surface area (TPSA) is 106 Å². The summed E-state index contributed by atoms with van der Waals surface area (Å²) >= 11 is 0. The van der Waals surface area contributed by atoms with Crippen LogP contribution < -0.4 is 16.4 Å². The number of nitrogens with zero attached hydrogens (tertiary/aromatic N) is 1.